The van der Waals surface area contributed by atoms with E-state index in [1.807, 2.05) is 62.4 Å². The van der Waals surface area contributed by atoms with Crippen molar-refractivity contribution < 1.29 is 19.1 Å². The summed E-state index contributed by atoms with van der Waals surface area (Å²) in [7, 11) is 0. The Balaban J connectivity index is 1.36. The van der Waals surface area contributed by atoms with E-state index in [4.69, 9.17) is 9.47 Å². The lowest BCUT2D eigenvalue weighted by Gasteiger charge is -2.55. The van der Waals surface area contributed by atoms with E-state index in [9.17, 15) is 9.59 Å². The number of esters is 2. The smallest absolute Gasteiger partial charge is 0.338 e. The molecule has 4 aromatic rings. The van der Waals surface area contributed by atoms with E-state index >= 15 is 0 Å². The van der Waals surface area contributed by atoms with Gasteiger partial charge in [-0.3, -0.25) is 0 Å². The first-order chi connectivity index (χ1) is 21.2. The van der Waals surface area contributed by atoms with Crippen LogP contribution < -0.4 is 0 Å². The Morgan fingerprint density at radius 1 is 0.568 bits per heavy atom. The van der Waals surface area contributed by atoms with Crippen LogP contribution in [0, 0.1) is 10.8 Å². The number of carbonyl (C=O) groups is 2. The molecule has 0 aliphatic heterocycles. The molecule has 3 aliphatic rings. The molecule has 0 radical (unpaired) electrons. The highest BCUT2D eigenvalue weighted by Gasteiger charge is 2.69. The summed E-state index contributed by atoms with van der Waals surface area (Å²) in [5, 5.41) is 0. The van der Waals surface area contributed by atoms with Gasteiger partial charge in [-0.25, -0.2) is 9.59 Å². The van der Waals surface area contributed by atoms with Crippen LogP contribution in [0.1, 0.15) is 91.6 Å². The fraction of sp³-hybridized carbons (Fsp3) is 0.350. The lowest BCUT2D eigenvalue weighted by molar-refractivity contribution is 0.0517. The third-order valence-corrected chi connectivity index (χ3v) is 11.1. The predicted molar refractivity (Wildman–Crippen MR) is 175 cm³/mol. The first kappa shape index (κ1) is 28.6. The fourth-order valence-electron chi connectivity index (χ4n) is 9.16. The van der Waals surface area contributed by atoms with Crippen molar-refractivity contribution in [2.45, 2.75) is 65.2 Å². The molecule has 2 saturated carbocycles. The van der Waals surface area contributed by atoms with Crippen molar-refractivity contribution >= 4 is 11.9 Å². The average Bonchev–Trinajstić information content (AvgIpc) is 3.39. The fourth-order valence-corrected chi connectivity index (χ4v) is 9.16. The molecule has 2 fully saturated rings. The number of fused-ring (bicyclic) bond motifs is 3. The van der Waals surface area contributed by atoms with Crippen LogP contribution in [0.5, 0.6) is 0 Å². The van der Waals surface area contributed by atoms with E-state index in [1.54, 1.807) is 0 Å². The van der Waals surface area contributed by atoms with Gasteiger partial charge < -0.3 is 9.47 Å². The Morgan fingerprint density at radius 2 is 0.955 bits per heavy atom. The minimum absolute atomic E-state index is 0.0926. The molecule has 2 bridgehead atoms. The molecule has 2 unspecified atom stereocenters. The van der Waals surface area contributed by atoms with Crippen LogP contribution in [-0.4, -0.2) is 25.2 Å². The van der Waals surface area contributed by atoms with Crippen LogP contribution in [-0.2, 0) is 14.9 Å². The van der Waals surface area contributed by atoms with E-state index in [0.29, 0.717) is 24.3 Å². The molecule has 1 spiro atoms. The van der Waals surface area contributed by atoms with Crippen molar-refractivity contribution in [2.24, 2.45) is 10.8 Å². The van der Waals surface area contributed by atoms with Gasteiger partial charge in [0.15, 0.2) is 0 Å². The molecule has 3 aliphatic carbocycles. The average molecular weight is 585 g/mol. The summed E-state index contributed by atoms with van der Waals surface area (Å²) in [6.07, 6.45) is 6.15. The molecule has 0 aromatic heterocycles. The summed E-state index contributed by atoms with van der Waals surface area (Å²) in [5.74, 6) is -0.568. The Hall–Kier alpha value is -4.18. The molecule has 224 valence electrons. The maximum absolute atomic E-state index is 12.3. The van der Waals surface area contributed by atoms with Crippen LogP contribution >= 0.6 is 0 Å². The van der Waals surface area contributed by atoms with Crippen LogP contribution in [0.4, 0.5) is 0 Å². The SMILES string of the molecule is CCOC(=O)c1ccc(-c2ccc3c(c2)C2(c4cc(-c5ccc(C(=O)OCC)cc5)ccc4-3)C3(C)CCCC2(C)CC3)cc1. The third kappa shape index (κ3) is 4.03. The molecule has 0 N–H and O–H groups in total. The van der Waals surface area contributed by atoms with Gasteiger partial charge in [-0.15, -0.1) is 0 Å². The molecular formula is C40H40O4. The molecule has 7 rings (SSSR count). The first-order valence-corrected chi connectivity index (χ1v) is 16.1. The maximum Gasteiger partial charge on any atom is 0.338 e. The topological polar surface area (TPSA) is 52.6 Å². The summed E-state index contributed by atoms with van der Waals surface area (Å²) in [5.41, 5.74) is 11.5. The molecule has 4 heteroatoms. The number of rotatable bonds is 6. The highest BCUT2D eigenvalue weighted by atomic mass is 16.5. The molecule has 0 saturated heterocycles. The number of hydrogen-bond donors (Lipinski definition) is 0. The molecule has 2 atom stereocenters. The first-order valence-electron chi connectivity index (χ1n) is 16.1. The zero-order chi connectivity index (χ0) is 30.7. The van der Waals surface area contributed by atoms with Crippen molar-refractivity contribution in [3.63, 3.8) is 0 Å². The Bertz CT molecular complexity index is 1640. The second-order valence-electron chi connectivity index (χ2n) is 13.3. The van der Waals surface area contributed by atoms with Crippen LogP contribution in [0.2, 0.25) is 0 Å². The summed E-state index contributed by atoms with van der Waals surface area (Å²) in [6, 6.07) is 29.7. The largest absolute Gasteiger partial charge is 0.462 e. The van der Waals surface area contributed by atoms with Gasteiger partial charge in [0.25, 0.3) is 0 Å². The van der Waals surface area contributed by atoms with Gasteiger partial charge in [-0.2, -0.15) is 0 Å². The van der Waals surface area contributed by atoms with Gasteiger partial charge in [0.1, 0.15) is 0 Å². The van der Waals surface area contributed by atoms with Gasteiger partial charge in [0, 0.05) is 5.41 Å². The zero-order valence-electron chi connectivity index (χ0n) is 26.2. The quantitative estimate of drug-likeness (QED) is 0.212. The van der Waals surface area contributed by atoms with Crippen molar-refractivity contribution in [2.75, 3.05) is 13.2 Å². The molecule has 0 amide bonds. The monoisotopic (exact) mass is 584 g/mol. The second kappa shape index (κ2) is 10.5. The molecule has 4 nitrogen and oxygen atoms in total. The normalized spacial score (nSPS) is 22.4. The third-order valence-electron chi connectivity index (χ3n) is 11.1. The Morgan fingerprint density at radius 3 is 1.34 bits per heavy atom. The van der Waals surface area contributed by atoms with Crippen molar-refractivity contribution in [3.05, 3.63) is 107 Å². The molecule has 4 aromatic carbocycles. The van der Waals surface area contributed by atoms with E-state index in [2.05, 4.69) is 50.2 Å². The van der Waals surface area contributed by atoms with Gasteiger partial charge in [-0.05, 0) is 131 Å². The van der Waals surface area contributed by atoms with E-state index in [-0.39, 0.29) is 28.2 Å². The van der Waals surface area contributed by atoms with Crippen molar-refractivity contribution in [1.29, 1.82) is 0 Å². The lowest BCUT2D eigenvalue weighted by Crippen LogP contribution is -2.51. The zero-order valence-corrected chi connectivity index (χ0v) is 26.2. The Kier molecular flexibility index (Phi) is 6.80. The van der Waals surface area contributed by atoms with Crippen molar-refractivity contribution in [1.82, 2.24) is 0 Å². The summed E-state index contributed by atoms with van der Waals surface area (Å²) < 4.78 is 10.4. The number of hydrogen-bond acceptors (Lipinski definition) is 4. The minimum atomic E-state index is -0.284. The number of ether oxygens (including phenoxy) is 2. The van der Waals surface area contributed by atoms with E-state index in [1.165, 1.54) is 65.5 Å². The highest BCUT2D eigenvalue weighted by molar-refractivity contribution is 5.92. The summed E-state index contributed by atoms with van der Waals surface area (Å²) in [6.45, 7) is 9.47. The van der Waals surface area contributed by atoms with Crippen LogP contribution in [0.3, 0.4) is 0 Å². The molecule has 44 heavy (non-hydrogen) atoms. The number of carbonyl (C=O) groups excluding carboxylic acids is 2. The lowest BCUT2D eigenvalue weighted by atomic mass is 9.47. The van der Waals surface area contributed by atoms with Crippen LogP contribution in [0.15, 0.2) is 84.9 Å². The van der Waals surface area contributed by atoms with Gasteiger partial charge in [-0.1, -0.05) is 68.8 Å². The summed E-state index contributed by atoms with van der Waals surface area (Å²) in [4.78, 5) is 24.6. The minimum Gasteiger partial charge on any atom is -0.462 e. The second-order valence-corrected chi connectivity index (χ2v) is 13.3. The number of benzene rings is 4. The Labute approximate surface area is 260 Å². The van der Waals surface area contributed by atoms with Crippen LogP contribution in [0.25, 0.3) is 33.4 Å². The van der Waals surface area contributed by atoms with E-state index in [0.717, 1.165) is 11.1 Å². The van der Waals surface area contributed by atoms with Gasteiger partial charge in [0.05, 0.1) is 24.3 Å². The van der Waals surface area contributed by atoms with Crippen molar-refractivity contribution in [3.8, 4) is 33.4 Å². The molecule has 0 heterocycles. The maximum atomic E-state index is 12.3. The van der Waals surface area contributed by atoms with E-state index < -0.39 is 0 Å². The van der Waals surface area contributed by atoms with Gasteiger partial charge in [0.2, 0.25) is 0 Å². The highest BCUT2D eigenvalue weighted by Crippen LogP contribution is 2.76. The van der Waals surface area contributed by atoms with Gasteiger partial charge >= 0.3 is 11.9 Å². The molecular weight excluding hydrogens is 544 g/mol. The predicted octanol–water partition coefficient (Wildman–Crippen LogP) is 9.63. The summed E-state index contributed by atoms with van der Waals surface area (Å²) >= 11 is 0. The standard InChI is InChI=1S/C40H40O4/c1-5-43-36(41)28-12-8-26(9-13-28)30-16-18-32-33-19-17-31(27-10-14-29(15-11-27)37(42)44-6-2)25-35(33)40(34(32)24-30)38(3)20-7-21-39(40,4)23-22-38/h8-19,24-25H,5-7,20-23H2,1-4H3.